The second-order valence-corrected chi connectivity index (χ2v) is 9.06. The maximum Gasteiger partial charge on any atom is 0.312 e. The Labute approximate surface area is 169 Å². The molecule has 3 rings (SSSR count). The summed E-state index contributed by atoms with van der Waals surface area (Å²) in [5, 5.41) is 2.79. The van der Waals surface area contributed by atoms with E-state index < -0.39 is 23.3 Å². The topological polar surface area (TPSA) is 64.3 Å². The highest BCUT2D eigenvalue weighted by Crippen LogP contribution is 2.59. The first kappa shape index (κ1) is 20.5. The zero-order valence-electron chi connectivity index (χ0n) is 16.9. The van der Waals surface area contributed by atoms with E-state index in [2.05, 4.69) is 5.32 Å². The van der Waals surface area contributed by atoms with Crippen LogP contribution in [-0.2, 0) is 10.0 Å². The third kappa shape index (κ3) is 3.04. The minimum atomic E-state index is -1.31. The van der Waals surface area contributed by atoms with Crippen molar-refractivity contribution >= 4 is 16.5 Å². The number of hydrogen-bond donors (Lipinski definition) is 2. The van der Waals surface area contributed by atoms with E-state index in [1.165, 1.54) is 0 Å². The van der Waals surface area contributed by atoms with E-state index in [0.29, 0.717) is 16.9 Å². The molecule has 0 bridgehead atoms. The molecule has 0 spiro atoms. The summed E-state index contributed by atoms with van der Waals surface area (Å²) >= 11 is 0. The molecule has 4 nitrogen and oxygen atoms in total. The Hall–Kier alpha value is -2.18. The standard InChI is InChI=1S/C22H29FN2O2Si/c1-20(2,3)17-14-21(18(17)23,25-19(24)26)22(27-28,15-10-6-4-7-11-15)16-12-8-5-9-13-16/h4-13,17-18H,14H2,1-3,28H3,(H3,24,25,26). The zero-order chi connectivity index (χ0) is 20.6. The fourth-order valence-corrected chi connectivity index (χ4v) is 5.54. The summed E-state index contributed by atoms with van der Waals surface area (Å²) in [5.41, 5.74) is 4.49. The monoisotopic (exact) mass is 400 g/mol. The Morgan fingerprint density at radius 2 is 1.57 bits per heavy atom. The molecule has 2 aromatic rings. The Balaban J connectivity index is 2.27. The minimum Gasteiger partial charge on any atom is -0.413 e. The molecule has 3 atom stereocenters. The Morgan fingerprint density at radius 3 is 1.89 bits per heavy atom. The van der Waals surface area contributed by atoms with E-state index in [-0.39, 0.29) is 11.3 Å². The molecule has 1 aliphatic carbocycles. The number of benzene rings is 2. The van der Waals surface area contributed by atoms with Gasteiger partial charge in [-0.15, -0.1) is 0 Å². The second-order valence-electron chi connectivity index (χ2n) is 8.66. The zero-order valence-corrected chi connectivity index (χ0v) is 18.9. The fourth-order valence-electron chi connectivity index (χ4n) is 4.70. The van der Waals surface area contributed by atoms with Gasteiger partial charge in [0.05, 0.1) is 0 Å². The number of hydrogen-bond acceptors (Lipinski definition) is 2. The molecule has 2 amide bonds. The lowest BCUT2D eigenvalue weighted by molar-refractivity contribution is -0.152. The van der Waals surface area contributed by atoms with E-state index in [1.807, 2.05) is 81.4 Å². The van der Waals surface area contributed by atoms with Gasteiger partial charge in [-0.2, -0.15) is 0 Å². The number of urea groups is 1. The second kappa shape index (κ2) is 7.33. The summed E-state index contributed by atoms with van der Waals surface area (Å²) in [6.07, 6.45) is -0.874. The van der Waals surface area contributed by atoms with Crippen LogP contribution in [0, 0.1) is 11.3 Å². The molecule has 3 unspecified atom stereocenters. The summed E-state index contributed by atoms with van der Waals surface area (Å²) in [6, 6.07) is 18.4. The van der Waals surface area contributed by atoms with Crippen LogP contribution in [0.25, 0.3) is 0 Å². The van der Waals surface area contributed by atoms with Crippen LogP contribution < -0.4 is 11.1 Å². The van der Waals surface area contributed by atoms with E-state index in [1.54, 1.807) is 0 Å². The maximum absolute atomic E-state index is 16.1. The molecular formula is C22H29FN2O2Si. The first-order valence-electron chi connectivity index (χ1n) is 9.57. The van der Waals surface area contributed by atoms with Crippen LogP contribution in [-0.4, -0.2) is 28.2 Å². The van der Waals surface area contributed by atoms with Gasteiger partial charge in [0, 0.05) is 0 Å². The molecule has 0 heterocycles. The van der Waals surface area contributed by atoms with Crippen LogP contribution in [0.2, 0.25) is 0 Å². The molecule has 0 aliphatic heterocycles. The number of primary amides is 1. The van der Waals surface area contributed by atoms with Gasteiger partial charge in [0.2, 0.25) is 0 Å². The number of alkyl halides is 1. The number of nitrogens with one attached hydrogen (secondary N) is 1. The molecule has 28 heavy (non-hydrogen) atoms. The summed E-state index contributed by atoms with van der Waals surface area (Å²) in [5.74, 6) is -0.219. The van der Waals surface area contributed by atoms with Crippen LogP contribution in [0.4, 0.5) is 9.18 Å². The molecule has 1 fully saturated rings. The average molecular weight is 401 g/mol. The molecule has 0 aromatic heterocycles. The normalized spacial score (nSPS) is 25.1. The smallest absolute Gasteiger partial charge is 0.312 e. The van der Waals surface area contributed by atoms with Crippen LogP contribution in [0.15, 0.2) is 60.7 Å². The lowest BCUT2D eigenvalue weighted by atomic mass is 9.50. The quantitative estimate of drug-likeness (QED) is 0.758. The van der Waals surface area contributed by atoms with Crippen molar-refractivity contribution in [2.75, 3.05) is 0 Å². The summed E-state index contributed by atoms with van der Waals surface area (Å²) in [4.78, 5) is 12.0. The van der Waals surface area contributed by atoms with Crippen molar-refractivity contribution in [3.8, 4) is 0 Å². The predicted octanol–water partition coefficient (Wildman–Crippen LogP) is 3.04. The number of carbonyl (C=O) groups is 1. The van der Waals surface area contributed by atoms with Gasteiger partial charge in [0.15, 0.2) is 0 Å². The number of amides is 2. The first-order chi connectivity index (χ1) is 13.2. The molecule has 150 valence electrons. The molecule has 3 N–H and O–H groups in total. The van der Waals surface area contributed by atoms with Gasteiger partial charge in [-0.3, -0.25) is 0 Å². The molecule has 1 aliphatic rings. The number of rotatable bonds is 5. The van der Waals surface area contributed by atoms with Gasteiger partial charge in [-0.25, -0.2) is 9.18 Å². The largest absolute Gasteiger partial charge is 0.413 e. The molecule has 1 saturated carbocycles. The van der Waals surface area contributed by atoms with Crippen LogP contribution in [0.3, 0.4) is 0 Å². The first-order valence-corrected chi connectivity index (χ1v) is 10.4. The maximum atomic E-state index is 16.1. The summed E-state index contributed by atoms with van der Waals surface area (Å²) in [7, 11) is 0.350. The predicted molar refractivity (Wildman–Crippen MR) is 113 cm³/mol. The van der Waals surface area contributed by atoms with Gasteiger partial charge in [-0.05, 0) is 28.9 Å². The third-order valence-corrected chi connectivity index (χ3v) is 6.73. The van der Waals surface area contributed by atoms with Crippen molar-refractivity contribution in [2.45, 2.75) is 44.5 Å². The Kier molecular flexibility index (Phi) is 5.38. The molecule has 2 aromatic carbocycles. The summed E-state index contributed by atoms with van der Waals surface area (Å²) < 4.78 is 22.4. The SMILES string of the molecule is CC(C)(C)C1CC(NC(N)=O)(C(O[SiH3])(c2ccccc2)c2ccccc2)C1F. The molecule has 0 saturated heterocycles. The van der Waals surface area contributed by atoms with Gasteiger partial charge < -0.3 is 15.5 Å². The molecular weight excluding hydrogens is 371 g/mol. The van der Waals surface area contributed by atoms with Gasteiger partial charge >= 0.3 is 6.03 Å². The van der Waals surface area contributed by atoms with Crippen molar-refractivity contribution in [1.29, 1.82) is 0 Å². The molecule has 0 radical (unpaired) electrons. The van der Waals surface area contributed by atoms with Gasteiger partial charge in [0.1, 0.15) is 27.8 Å². The van der Waals surface area contributed by atoms with E-state index in [4.69, 9.17) is 10.2 Å². The highest BCUT2D eigenvalue weighted by Gasteiger charge is 2.69. The van der Waals surface area contributed by atoms with Gasteiger partial charge in [-0.1, -0.05) is 81.4 Å². The number of halogens is 1. The van der Waals surface area contributed by atoms with Crippen LogP contribution in [0.1, 0.15) is 38.3 Å². The van der Waals surface area contributed by atoms with Crippen molar-refractivity contribution in [2.24, 2.45) is 17.1 Å². The summed E-state index contributed by atoms with van der Waals surface area (Å²) in [6.45, 7) is 6.06. The number of nitrogens with two attached hydrogens (primary N) is 1. The average Bonchev–Trinajstić information content (AvgIpc) is 2.66. The molecule has 6 heteroatoms. The highest BCUT2D eigenvalue weighted by molar-refractivity contribution is 5.99. The highest BCUT2D eigenvalue weighted by atomic mass is 28.2. The van der Waals surface area contributed by atoms with Crippen LogP contribution >= 0.6 is 0 Å². The Bertz CT molecular complexity index is 786. The lowest BCUT2D eigenvalue weighted by Gasteiger charge is -2.63. The van der Waals surface area contributed by atoms with E-state index in [0.717, 1.165) is 11.1 Å². The third-order valence-electron chi connectivity index (χ3n) is 6.12. The van der Waals surface area contributed by atoms with E-state index in [9.17, 15) is 4.79 Å². The minimum absolute atomic E-state index is 0.219. The van der Waals surface area contributed by atoms with Crippen molar-refractivity contribution in [3.05, 3.63) is 71.8 Å². The van der Waals surface area contributed by atoms with Crippen molar-refractivity contribution in [1.82, 2.24) is 5.32 Å². The van der Waals surface area contributed by atoms with Crippen molar-refractivity contribution < 1.29 is 13.6 Å². The van der Waals surface area contributed by atoms with Crippen molar-refractivity contribution in [3.63, 3.8) is 0 Å². The number of carbonyl (C=O) groups excluding carboxylic acids is 1. The van der Waals surface area contributed by atoms with E-state index >= 15 is 4.39 Å². The van der Waals surface area contributed by atoms with Gasteiger partial charge in [0.25, 0.3) is 0 Å². The Morgan fingerprint density at radius 1 is 1.11 bits per heavy atom. The van der Waals surface area contributed by atoms with Crippen LogP contribution in [0.5, 0.6) is 0 Å². The lowest BCUT2D eigenvalue weighted by Crippen LogP contribution is -2.78. The fraction of sp³-hybridized carbons (Fsp3) is 0.409.